The molecule has 4 aromatic rings. The van der Waals surface area contributed by atoms with Gasteiger partial charge in [0.2, 0.25) is 0 Å². The van der Waals surface area contributed by atoms with Crippen molar-refractivity contribution in [2.24, 2.45) is 14.1 Å². The average Bonchev–Trinajstić information content (AvgIpc) is 3.13. The third kappa shape index (κ3) is 2.51. The van der Waals surface area contributed by atoms with E-state index in [9.17, 15) is 18.0 Å². The number of fused-ring (bicyclic) bond motifs is 1. The van der Waals surface area contributed by atoms with Gasteiger partial charge in [-0.15, -0.1) is 5.10 Å². The van der Waals surface area contributed by atoms with Crippen LogP contribution in [0, 0.1) is 0 Å². The highest BCUT2D eigenvalue weighted by atomic mass is 32.2. The first-order valence-corrected chi connectivity index (χ1v) is 9.83. The van der Waals surface area contributed by atoms with E-state index in [0.717, 1.165) is 8.65 Å². The molecule has 8 nitrogen and oxygen atoms in total. The van der Waals surface area contributed by atoms with Gasteiger partial charge in [0, 0.05) is 19.7 Å². The van der Waals surface area contributed by atoms with Crippen molar-refractivity contribution in [3.63, 3.8) is 0 Å². The number of aromatic nitrogens is 4. The Morgan fingerprint density at radius 2 is 1.39 bits per heavy atom. The maximum absolute atomic E-state index is 13.3. The van der Waals surface area contributed by atoms with Gasteiger partial charge in [0.25, 0.3) is 15.6 Å². The fourth-order valence-corrected chi connectivity index (χ4v) is 4.43. The molecule has 2 heterocycles. The van der Waals surface area contributed by atoms with Gasteiger partial charge >= 0.3 is 5.69 Å². The van der Waals surface area contributed by atoms with E-state index in [1.165, 1.54) is 30.8 Å². The van der Waals surface area contributed by atoms with Gasteiger partial charge in [-0.1, -0.05) is 48.5 Å². The number of benzene rings is 2. The molecule has 0 N–H and O–H groups in total. The zero-order valence-electron chi connectivity index (χ0n) is 15.1. The number of hydrogen-bond donors (Lipinski definition) is 0. The molecule has 28 heavy (non-hydrogen) atoms. The van der Waals surface area contributed by atoms with Crippen LogP contribution in [0.15, 0.2) is 75.1 Å². The Morgan fingerprint density at radius 3 is 2.00 bits per heavy atom. The molecule has 0 amide bonds. The summed E-state index contributed by atoms with van der Waals surface area (Å²) in [5, 5.41) is 4.24. The molecule has 0 aliphatic rings. The molecule has 142 valence electrons. The van der Waals surface area contributed by atoms with Crippen molar-refractivity contribution in [3.8, 4) is 11.3 Å². The summed E-state index contributed by atoms with van der Waals surface area (Å²) in [7, 11) is -1.30. The SMILES string of the molecule is Cn1c(=O)c2c(-c3ccccc3)n(S(=O)(=O)c3ccccc3)nc2n(C)c1=O. The van der Waals surface area contributed by atoms with Gasteiger partial charge < -0.3 is 0 Å². The van der Waals surface area contributed by atoms with Gasteiger partial charge in [0.1, 0.15) is 11.1 Å². The van der Waals surface area contributed by atoms with Crippen LogP contribution in [0.3, 0.4) is 0 Å². The fraction of sp³-hybridized carbons (Fsp3) is 0.105. The molecule has 0 saturated carbocycles. The second-order valence-corrected chi connectivity index (χ2v) is 8.05. The van der Waals surface area contributed by atoms with E-state index in [4.69, 9.17) is 0 Å². The molecular formula is C19H16N4O4S. The molecule has 0 radical (unpaired) electrons. The lowest BCUT2D eigenvalue weighted by Crippen LogP contribution is -2.36. The molecule has 0 unspecified atom stereocenters. The summed E-state index contributed by atoms with van der Waals surface area (Å²) in [6.07, 6.45) is 0. The molecule has 0 aliphatic heterocycles. The predicted molar refractivity (Wildman–Crippen MR) is 105 cm³/mol. The average molecular weight is 396 g/mol. The third-order valence-electron chi connectivity index (χ3n) is 4.56. The monoisotopic (exact) mass is 396 g/mol. The summed E-state index contributed by atoms with van der Waals surface area (Å²) >= 11 is 0. The van der Waals surface area contributed by atoms with Crippen molar-refractivity contribution in [1.29, 1.82) is 0 Å². The topological polar surface area (TPSA) is 96.0 Å². The minimum absolute atomic E-state index is 0.00598. The Balaban J connectivity index is 2.23. The van der Waals surface area contributed by atoms with Gasteiger partial charge in [-0.2, -0.15) is 12.5 Å². The van der Waals surface area contributed by atoms with Crippen LogP contribution in [-0.2, 0) is 24.1 Å². The summed E-state index contributed by atoms with van der Waals surface area (Å²) < 4.78 is 29.5. The molecule has 0 spiro atoms. The smallest absolute Gasteiger partial charge is 0.279 e. The lowest BCUT2D eigenvalue weighted by Gasteiger charge is -2.09. The van der Waals surface area contributed by atoms with Gasteiger partial charge in [-0.3, -0.25) is 13.9 Å². The maximum Gasteiger partial charge on any atom is 0.332 e. The first kappa shape index (κ1) is 17.9. The number of rotatable bonds is 3. The van der Waals surface area contributed by atoms with Crippen molar-refractivity contribution >= 4 is 21.1 Å². The molecule has 0 saturated heterocycles. The Labute approximate surface area is 160 Å². The molecule has 0 fully saturated rings. The van der Waals surface area contributed by atoms with E-state index in [2.05, 4.69) is 5.10 Å². The van der Waals surface area contributed by atoms with Crippen molar-refractivity contribution in [1.82, 2.24) is 18.3 Å². The van der Waals surface area contributed by atoms with E-state index in [0.29, 0.717) is 5.56 Å². The van der Waals surface area contributed by atoms with Crippen LogP contribution in [0.25, 0.3) is 22.3 Å². The van der Waals surface area contributed by atoms with Crippen LogP contribution in [0.4, 0.5) is 0 Å². The molecule has 9 heteroatoms. The van der Waals surface area contributed by atoms with Crippen molar-refractivity contribution in [3.05, 3.63) is 81.5 Å². The highest BCUT2D eigenvalue weighted by molar-refractivity contribution is 7.90. The van der Waals surface area contributed by atoms with Gasteiger partial charge in [0.15, 0.2) is 5.65 Å². The molecule has 2 aromatic heterocycles. The first-order chi connectivity index (χ1) is 13.3. The Hall–Kier alpha value is -3.46. The number of hydrogen-bond acceptors (Lipinski definition) is 5. The number of nitrogens with zero attached hydrogens (tertiary/aromatic N) is 4. The van der Waals surface area contributed by atoms with Crippen LogP contribution < -0.4 is 11.2 Å². The zero-order valence-corrected chi connectivity index (χ0v) is 15.9. The summed E-state index contributed by atoms with van der Waals surface area (Å²) in [5.41, 5.74) is -0.562. The van der Waals surface area contributed by atoms with Crippen LogP contribution in [0.1, 0.15) is 0 Å². The quantitative estimate of drug-likeness (QED) is 0.521. The van der Waals surface area contributed by atoms with E-state index in [1.807, 2.05) is 0 Å². The van der Waals surface area contributed by atoms with Crippen LogP contribution in [-0.4, -0.2) is 26.7 Å². The fourth-order valence-electron chi connectivity index (χ4n) is 3.11. The third-order valence-corrected chi connectivity index (χ3v) is 6.15. The Kier molecular flexibility index (Phi) is 4.04. The van der Waals surface area contributed by atoms with E-state index < -0.39 is 21.3 Å². The summed E-state index contributed by atoms with van der Waals surface area (Å²) in [4.78, 5) is 25.2. The second kappa shape index (κ2) is 6.31. The highest BCUT2D eigenvalue weighted by Gasteiger charge is 2.28. The second-order valence-electron chi connectivity index (χ2n) is 6.28. The van der Waals surface area contributed by atoms with E-state index in [-0.39, 0.29) is 21.6 Å². The van der Waals surface area contributed by atoms with Gasteiger partial charge in [0.05, 0.1) is 4.90 Å². The van der Waals surface area contributed by atoms with Crippen LogP contribution in [0.2, 0.25) is 0 Å². The zero-order chi connectivity index (χ0) is 20.1. The van der Waals surface area contributed by atoms with Gasteiger partial charge in [-0.25, -0.2) is 4.79 Å². The minimum atomic E-state index is -4.10. The summed E-state index contributed by atoms with van der Waals surface area (Å²) in [6.45, 7) is 0. The summed E-state index contributed by atoms with van der Waals surface area (Å²) in [6, 6.07) is 16.5. The van der Waals surface area contributed by atoms with Crippen molar-refractivity contribution in [2.75, 3.05) is 0 Å². The van der Waals surface area contributed by atoms with Crippen LogP contribution in [0.5, 0.6) is 0 Å². The van der Waals surface area contributed by atoms with Gasteiger partial charge in [-0.05, 0) is 12.1 Å². The lowest BCUT2D eigenvalue weighted by molar-refractivity contribution is 0.581. The van der Waals surface area contributed by atoms with Crippen molar-refractivity contribution in [2.45, 2.75) is 4.90 Å². The van der Waals surface area contributed by atoms with Crippen molar-refractivity contribution < 1.29 is 8.42 Å². The molecule has 0 aliphatic carbocycles. The first-order valence-electron chi connectivity index (χ1n) is 8.39. The standard InChI is InChI=1S/C19H16N4O4S/c1-21-17-15(18(24)22(2)19(21)25)16(13-9-5-3-6-10-13)23(20-17)28(26,27)14-11-7-4-8-12-14/h3-12H,1-2H3. The van der Waals surface area contributed by atoms with E-state index >= 15 is 0 Å². The molecule has 4 rings (SSSR count). The number of aryl methyl sites for hydroxylation is 1. The Morgan fingerprint density at radius 1 is 0.821 bits per heavy atom. The van der Waals surface area contributed by atoms with Crippen LogP contribution >= 0.6 is 0 Å². The highest BCUT2D eigenvalue weighted by Crippen LogP contribution is 2.29. The maximum atomic E-state index is 13.3. The normalized spacial score (nSPS) is 11.8. The minimum Gasteiger partial charge on any atom is -0.279 e. The predicted octanol–water partition coefficient (Wildman–Crippen LogP) is 1.34. The Bertz CT molecular complexity index is 1420. The summed E-state index contributed by atoms with van der Waals surface area (Å²) in [5.74, 6) is 0. The largest absolute Gasteiger partial charge is 0.332 e. The molecular weight excluding hydrogens is 380 g/mol. The molecule has 0 atom stereocenters. The lowest BCUT2D eigenvalue weighted by atomic mass is 10.1. The van der Waals surface area contributed by atoms with E-state index in [1.54, 1.807) is 48.5 Å². The molecule has 2 aromatic carbocycles. The molecule has 0 bridgehead atoms.